The van der Waals surface area contributed by atoms with Crippen LogP contribution >= 0.6 is 0 Å². The van der Waals surface area contributed by atoms with E-state index in [0.717, 1.165) is 52.5 Å². The summed E-state index contributed by atoms with van der Waals surface area (Å²) in [7, 11) is 0. The van der Waals surface area contributed by atoms with Gasteiger partial charge in [0.25, 0.3) is 0 Å². The highest BCUT2D eigenvalue weighted by Gasteiger charge is 2.03. The molecule has 1 aliphatic heterocycles. The summed E-state index contributed by atoms with van der Waals surface area (Å²) in [6.45, 7) is 6.63. The fraction of sp³-hybridized carbons (Fsp3) is 0.400. The molecular formula is C20H28N4O. The van der Waals surface area contributed by atoms with Gasteiger partial charge in [-0.05, 0) is 23.3 Å². The first kappa shape index (κ1) is 17.7. The molecule has 0 amide bonds. The Balaban J connectivity index is 1.64. The number of hydrogen-bond acceptors (Lipinski definition) is 5. The lowest BCUT2D eigenvalue weighted by atomic mass is 10.1. The maximum absolute atomic E-state index is 5.68. The average molecular weight is 340 g/mol. The smallest absolute Gasteiger partial charge is 0.0591 e. The molecule has 1 aliphatic rings. The minimum absolute atomic E-state index is 0.732. The van der Waals surface area contributed by atoms with Crippen molar-refractivity contribution in [3.05, 3.63) is 59.7 Å². The summed E-state index contributed by atoms with van der Waals surface area (Å²) < 4.78 is 5.68. The van der Waals surface area contributed by atoms with E-state index >= 15 is 0 Å². The predicted octanol–water partition coefficient (Wildman–Crippen LogP) is 2.42. The lowest BCUT2D eigenvalue weighted by Gasteiger charge is -2.15. The fourth-order valence-electron chi connectivity index (χ4n) is 2.93. The molecule has 25 heavy (non-hydrogen) atoms. The van der Waals surface area contributed by atoms with Crippen molar-refractivity contribution in [2.24, 2.45) is 0 Å². The molecule has 0 saturated carbocycles. The monoisotopic (exact) mass is 340 g/mol. The van der Waals surface area contributed by atoms with Crippen LogP contribution in [0.2, 0.25) is 0 Å². The molecule has 0 aliphatic carbocycles. The Morgan fingerprint density at radius 2 is 1.08 bits per heavy atom. The van der Waals surface area contributed by atoms with E-state index in [1.165, 1.54) is 22.5 Å². The summed E-state index contributed by atoms with van der Waals surface area (Å²) in [5.41, 5.74) is 4.96. The standard InChI is InChI=1S/C20H28N4O/c1-3-7-19-17(5-1)15-21-11-13-25-14-12-22-16-18-6-2-4-8-20(18)24-10-9-23-19/h1-8,21-24H,9-16H2. The van der Waals surface area contributed by atoms with E-state index in [1.807, 2.05) is 0 Å². The van der Waals surface area contributed by atoms with Crippen molar-refractivity contribution in [3.8, 4) is 0 Å². The van der Waals surface area contributed by atoms with E-state index in [4.69, 9.17) is 4.74 Å². The highest BCUT2D eigenvalue weighted by Crippen LogP contribution is 2.16. The molecule has 0 fully saturated rings. The van der Waals surface area contributed by atoms with Crippen molar-refractivity contribution < 1.29 is 4.74 Å². The Kier molecular flexibility index (Phi) is 7.12. The molecule has 2 aromatic rings. The van der Waals surface area contributed by atoms with Gasteiger partial charge in [-0.15, -0.1) is 0 Å². The van der Waals surface area contributed by atoms with Crippen LogP contribution in [-0.4, -0.2) is 39.4 Å². The first-order valence-electron chi connectivity index (χ1n) is 9.06. The number of anilines is 2. The molecule has 0 bridgehead atoms. The van der Waals surface area contributed by atoms with Crippen LogP contribution in [0.1, 0.15) is 11.1 Å². The molecule has 134 valence electrons. The highest BCUT2D eigenvalue weighted by atomic mass is 16.5. The minimum atomic E-state index is 0.732. The number of nitrogens with one attached hydrogen (secondary N) is 4. The normalized spacial score (nSPS) is 17.3. The lowest BCUT2D eigenvalue weighted by molar-refractivity contribution is 0.137. The van der Waals surface area contributed by atoms with Crippen LogP contribution in [0.15, 0.2) is 48.5 Å². The van der Waals surface area contributed by atoms with Gasteiger partial charge in [0.15, 0.2) is 0 Å². The maximum Gasteiger partial charge on any atom is 0.0591 e. The average Bonchev–Trinajstić information content (AvgIpc) is 2.65. The third kappa shape index (κ3) is 5.74. The summed E-state index contributed by atoms with van der Waals surface area (Å²) in [6, 6.07) is 16.9. The van der Waals surface area contributed by atoms with Gasteiger partial charge in [0, 0.05) is 50.6 Å². The lowest BCUT2D eigenvalue weighted by Crippen LogP contribution is -2.23. The second-order valence-corrected chi connectivity index (χ2v) is 6.13. The van der Waals surface area contributed by atoms with Crippen LogP contribution in [-0.2, 0) is 17.8 Å². The van der Waals surface area contributed by atoms with Crippen LogP contribution in [0.4, 0.5) is 11.4 Å². The second-order valence-electron chi connectivity index (χ2n) is 6.13. The number of para-hydroxylation sites is 2. The van der Waals surface area contributed by atoms with Gasteiger partial charge in [-0.3, -0.25) is 0 Å². The van der Waals surface area contributed by atoms with Crippen molar-refractivity contribution >= 4 is 11.4 Å². The van der Waals surface area contributed by atoms with Crippen molar-refractivity contribution in [2.45, 2.75) is 13.1 Å². The molecule has 0 atom stereocenters. The molecule has 0 aromatic heterocycles. The molecule has 0 unspecified atom stereocenters. The SMILES string of the molecule is c1ccc2c(c1)CNCCOCCNCc1ccccc1NCCN2. The van der Waals surface area contributed by atoms with E-state index in [1.54, 1.807) is 0 Å². The van der Waals surface area contributed by atoms with E-state index in [-0.39, 0.29) is 0 Å². The van der Waals surface area contributed by atoms with Crippen LogP contribution in [0.5, 0.6) is 0 Å². The van der Waals surface area contributed by atoms with E-state index in [0.29, 0.717) is 0 Å². The second kappa shape index (κ2) is 10.0. The van der Waals surface area contributed by atoms with E-state index < -0.39 is 0 Å². The van der Waals surface area contributed by atoms with Gasteiger partial charge in [-0.25, -0.2) is 0 Å². The topological polar surface area (TPSA) is 57.4 Å². The van der Waals surface area contributed by atoms with Crippen LogP contribution in [0.3, 0.4) is 0 Å². The summed E-state index contributed by atoms with van der Waals surface area (Å²) in [5, 5.41) is 14.0. The van der Waals surface area contributed by atoms with Gasteiger partial charge in [-0.2, -0.15) is 0 Å². The van der Waals surface area contributed by atoms with Gasteiger partial charge in [-0.1, -0.05) is 36.4 Å². The quantitative estimate of drug-likeness (QED) is 0.593. The molecule has 5 heteroatoms. The highest BCUT2D eigenvalue weighted by molar-refractivity contribution is 5.53. The van der Waals surface area contributed by atoms with Gasteiger partial charge < -0.3 is 26.0 Å². The van der Waals surface area contributed by atoms with Crippen molar-refractivity contribution in [3.63, 3.8) is 0 Å². The Bertz CT molecular complexity index is 592. The summed E-state index contributed by atoms with van der Waals surface area (Å²) in [5.74, 6) is 0. The van der Waals surface area contributed by atoms with Crippen molar-refractivity contribution in [1.82, 2.24) is 10.6 Å². The first-order chi connectivity index (χ1) is 12.4. The van der Waals surface area contributed by atoms with Crippen molar-refractivity contribution in [1.29, 1.82) is 0 Å². The zero-order valence-electron chi connectivity index (χ0n) is 14.7. The van der Waals surface area contributed by atoms with Crippen molar-refractivity contribution in [2.75, 3.05) is 50.0 Å². The Morgan fingerprint density at radius 3 is 1.60 bits per heavy atom. The number of benzene rings is 2. The molecule has 0 saturated heterocycles. The molecule has 2 aromatic carbocycles. The van der Waals surface area contributed by atoms with Gasteiger partial charge >= 0.3 is 0 Å². The third-order valence-corrected chi connectivity index (χ3v) is 4.27. The maximum atomic E-state index is 5.68. The van der Waals surface area contributed by atoms with E-state index in [2.05, 4.69) is 69.8 Å². The van der Waals surface area contributed by atoms with Gasteiger partial charge in [0.2, 0.25) is 0 Å². The molecule has 0 radical (unpaired) electrons. The molecule has 3 rings (SSSR count). The number of fused-ring (bicyclic) bond motifs is 2. The summed E-state index contributed by atoms with van der Waals surface area (Å²) in [4.78, 5) is 0. The Labute approximate surface area is 150 Å². The molecule has 5 nitrogen and oxygen atoms in total. The first-order valence-corrected chi connectivity index (χ1v) is 9.06. The van der Waals surface area contributed by atoms with E-state index in [9.17, 15) is 0 Å². The van der Waals surface area contributed by atoms with Gasteiger partial charge in [0.1, 0.15) is 0 Å². The minimum Gasteiger partial charge on any atom is -0.383 e. The number of ether oxygens (including phenoxy) is 1. The Hall–Kier alpha value is -2.08. The largest absolute Gasteiger partial charge is 0.383 e. The third-order valence-electron chi connectivity index (χ3n) is 4.27. The predicted molar refractivity (Wildman–Crippen MR) is 104 cm³/mol. The van der Waals surface area contributed by atoms with Crippen LogP contribution < -0.4 is 21.3 Å². The van der Waals surface area contributed by atoms with Gasteiger partial charge in [0.05, 0.1) is 13.2 Å². The molecule has 4 N–H and O–H groups in total. The number of hydrogen-bond donors (Lipinski definition) is 4. The number of rotatable bonds is 0. The Morgan fingerprint density at radius 1 is 0.600 bits per heavy atom. The molecular weight excluding hydrogens is 312 g/mol. The summed E-state index contributed by atoms with van der Waals surface area (Å²) >= 11 is 0. The fourth-order valence-corrected chi connectivity index (χ4v) is 2.93. The molecule has 1 heterocycles. The zero-order chi connectivity index (χ0) is 17.2. The molecule has 0 spiro atoms. The van der Waals surface area contributed by atoms with Crippen LogP contribution in [0, 0.1) is 0 Å². The zero-order valence-corrected chi connectivity index (χ0v) is 14.7. The summed E-state index contributed by atoms with van der Waals surface area (Å²) in [6.07, 6.45) is 0. The van der Waals surface area contributed by atoms with Crippen LogP contribution in [0.25, 0.3) is 0 Å².